The standard InChI is InChI=1S/C12H18N2O2S/c15-9-5-3-8(4-6-9)12-13-11(14-16-12)10-2-1-7-17-10/h8-10,15H,1-7H2. The van der Waals surface area contributed by atoms with E-state index in [2.05, 4.69) is 10.1 Å². The van der Waals surface area contributed by atoms with E-state index in [9.17, 15) is 5.11 Å². The summed E-state index contributed by atoms with van der Waals surface area (Å²) in [6.45, 7) is 0. The van der Waals surface area contributed by atoms with Crippen molar-refractivity contribution >= 4 is 11.8 Å². The van der Waals surface area contributed by atoms with Crippen molar-refractivity contribution in [2.75, 3.05) is 5.75 Å². The highest BCUT2D eigenvalue weighted by Crippen LogP contribution is 2.39. The molecule has 1 aliphatic carbocycles. The molecule has 94 valence electrons. The number of nitrogens with zero attached hydrogens (tertiary/aromatic N) is 2. The topological polar surface area (TPSA) is 59.2 Å². The van der Waals surface area contributed by atoms with Crippen LogP contribution < -0.4 is 0 Å². The molecule has 1 aliphatic heterocycles. The molecule has 3 rings (SSSR count). The largest absolute Gasteiger partial charge is 0.393 e. The van der Waals surface area contributed by atoms with Gasteiger partial charge in [-0.15, -0.1) is 0 Å². The van der Waals surface area contributed by atoms with Gasteiger partial charge in [-0.05, 0) is 44.3 Å². The maximum Gasteiger partial charge on any atom is 0.229 e. The van der Waals surface area contributed by atoms with Crippen molar-refractivity contribution in [2.45, 2.75) is 55.8 Å². The fourth-order valence-electron chi connectivity index (χ4n) is 2.65. The molecular formula is C12H18N2O2S. The van der Waals surface area contributed by atoms with Crippen LogP contribution in [0.15, 0.2) is 4.52 Å². The third-order valence-electron chi connectivity index (χ3n) is 3.72. The fraction of sp³-hybridized carbons (Fsp3) is 0.833. The molecule has 2 aliphatic rings. The second kappa shape index (κ2) is 4.98. The molecule has 1 atom stereocenters. The van der Waals surface area contributed by atoms with E-state index in [1.54, 1.807) is 0 Å². The summed E-state index contributed by atoms with van der Waals surface area (Å²) in [5, 5.41) is 14.1. The van der Waals surface area contributed by atoms with Crippen LogP contribution in [-0.2, 0) is 0 Å². The maximum absolute atomic E-state index is 9.48. The van der Waals surface area contributed by atoms with Gasteiger partial charge in [0.25, 0.3) is 0 Å². The Morgan fingerprint density at radius 3 is 2.71 bits per heavy atom. The molecule has 0 spiro atoms. The van der Waals surface area contributed by atoms with Crippen LogP contribution in [-0.4, -0.2) is 27.1 Å². The van der Waals surface area contributed by atoms with E-state index < -0.39 is 0 Å². The van der Waals surface area contributed by atoms with E-state index >= 15 is 0 Å². The van der Waals surface area contributed by atoms with Gasteiger partial charge in [-0.25, -0.2) is 0 Å². The second-order valence-corrected chi connectivity index (χ2v) is 6.31. The van der Waals surface area contributed by atoms with Gasteiger partial charge in [-0.2, -0.15) is 16.7 Å². The van der Waals surface area contributed by atoms with Crippen molar-refractivity contribution in [3.05, 3.63) is 11.7 Å². The quantitative estimate of drug-likeness (QED) is 0.879. The van der Waals surface area contributed by atoms with Crippen molar-refractivity contribution in [3.8, 4) is 0 Å². The number of hydrogen-bond donors (Lipinski definition) is 1. The minimum absolute atomic E-state index is 0.126. The summed E-state index contributed by atoms with van der Waals surface area (Å²) in [6.07, 6.45) is 5.98. The molecule has 1 N–H and O–H groups in total. The Morgan fingerprint density at radius 1 is 1.18 bits per heavy atom. The Hall–Kier alpha value is -0.550. The van der Waals surface area contributed by atoms with Gasteiger partial charge in [-0.3, -0.25) is 0 Å². The molecule has 2 heterocycles. The summed E-state index contributed by atoms with van der Waals surface area (Å²) in [5.41, 5.74) is 0. The van der Waals surface area contributed by atoms with Crippen molar-refractivity contribution in [2.24, 2.45) is 0 Å². The number of aromatic nitrogens is 2. The zero-order valence-corrected chi connectivity index (χ0v) is 10.7. The van der Waals surface area contributed by atoms with E-state index in [4.69, 9.17) is 4.52 Å². The van der Waals surface area contributed by atoms with Crippen LogP contribution in [0.1, 0.15) is 61.4 Å². The van der Waals surface area contributed by atoms with E-state index in [0.29, 0.717) is 11.2 Å². The normalized spacial score (nSPS) is 34.1. The van der Waals surface area contributed by atoms with E-state index in [1.807, 2.05) is 11.8 Å². The van der Waals surface area contributed by atoms with Crippen molar-refractivity contribution < 1.29 is 9.63 Å². The molecule has 0 aromatic carbocycles. The molecule has 1 aromatic heterocycles. The first-order chi connectivity index (χ1) is 8.33. The Morgan fingerprint density at radius 2 is 2.00 bits per heavy atom. The predicted octanol–water partition coefficient (Wildman–Crippen LogP) is 2.66. The highest BCUT2D eigenvalue weighted by Gasteiger charge is 2.28. The molecule has 4 nitrogen and oxygen atoms in total. The second-order valence-electron chi connectivity index (χ2n) is 5.00. The number of hydrogen-bond acceptors (Lipinski definition) is 5. The zero-order chi connectivity index (χ0) is 11.7. The predicted molar refractivity (Wildman–Crippen MR) is 65.9 cm³/mol. The first kappa shape index (κ1) is 11.5. The summed E-state index contributed by atoms with van der Waals surface area (Å²) in [5.74, 6) is 3.25. The molecule has 1 unspecified atom stereocenters. The van der Waals surface area contributed by atoms with Gasteiger partial charge in [0, 0.05) is 5.92 Å². The highest BCUT2D eigenvalue weighted by molar-refractivity contribution is 7.99. The van der Waals surface area contributed by atoms with Crippen LogP contribution in [0, 0.1) is 0 Å². The molecule has 0 bridgehead atoms. The molecule has 1 saturated carbocycles. The number of aliphatic hydroxyl groups is 1. The lowest BCUT2D eigenvalue weighted by atomic mass is 9.87. The third kappa shape index (κ3) is 2.50. The number of thioether (sulfide) groups is 1. The SMILES string of the molecule is OC1CCC(c2nc(C3CCCS3)no2)CC1. The number of rotatable bonds is 2. The van der Waals surface area contributed by atoms with Crippen LogP contribution in [0.3, 0.4) is 0 Å². The van der Waals surface area contributed by atoms with Gasteiger partial charge < -0.3 is 9.63 Å². The Labute approximate surface area is 105 Å². The lowest BCUT2D eigenvalue weighted by molar-refractivity contribution is 0.116. The van der Waals surface area contributed by atoms with Crippen LogP contribution in [0.5, 0.6) is 0 Å². The summed E-state index contributed by atoms with van der Waals surface area (Å²) >= 11 is 1.93. The lowest BCUT2D eigenvalue weighted by Gasteiger charge is -2.22. The van der Waals surface area contributed by atoms with Gasteiger partial charge in [0.15, 0.2) is 5.82 Å². The van der Waals surface area contributed by atoms with Gasteiger partial charge in [0.05, 0.1) is 11.4 Å². The molecule has 0 radical (unpaired) electrons. The van der Waals surface area contributed by atoms with Gasteiger partial charge in [0.1, 0.15) is 0 Å². The minimum Gasteiger partial charge on any atom is -0.393 e. The van der Waals surface area contributed by atoms with Gasteiger partial charge in [-0.1, -0.05) is 5.16 Å². The summed E-state index contributed by atoms with van der Waals surface area (Å²) in [4.78, 5) is 4.56. The maximum atomic E-state index is 9.48. The number of aliphatic hydroxyl groups excluding tert-OH is 1. The Balaban J connectivity index is 1.67. The molecule has 17 heavy (non-hydrogen) atoms. The molecule has 1 saturated heterocycles. The molecular weight excluding hydrogens is 236 g/mol. The third-order valence-corrected chi connectivity index (χ3v) is 5.09. The van der Waals surface area contributed by atoms with Crippen molar-refractivity contribution in [1.82, 2.24) is 10.1 Å². The molecule has 1 aromatic rings. The van der Waals surface area contributed by atoms with E-state index in [-0.39, 0.29) is 6.10 Å². The summed E-state index contributed by atoms with van der Waals surface area (Å²) in [6, 6.07) is 0. The molecule has 0 amide bonds. The van der Waals surface area contributed by atoms with E-state index in [1.165, 1.54) is 18.6 Å². The summed E-state index contributed by atoms with van der Waals surface area (Å²) < 4.78 is 5.40. The van der Waals surface area contributed by atoms with Crippen LogP contribution in [0.2, 0.25) is 0 Å². The van der Waals surface area contributed by atoms with Gasteiger partial charge >= 0.3 is 0 Å². The first-order valence-corrected chi connectivity index (χ1v) is 7.51. The van der Waals surface area contributed by atoms with Crippen LogP contribution in [0.4, 0.5) is 0 Å². The highest BCUT2D eigenvalue weighted by atomic mass is 32.2. The monoisotopic (exact) mass is 254 g/mol. The minimum atomic E-state index is -0.126. The molecule has 5 heteroatoms. The summed E-state index contributed by atoms with van der Waals surface area (Å²) in [7, 11) is 0. The Kier molecular flexibility index (Phi) is 3.38. The van der Waals surface area contributed by atoms with Gasteiger partial charge in [0.2, 0.25) is 5.89 Å². The average Bonchev–Trinajstić information content (AvgIpc) is 3.00. The smallest absolute Gasteiger partial charge is 0.229 e. The van der Waals surface area contributed by atoms with E-state index in [0.717, 1.165) is 37.4 Å². The van der Waals surface area contributed by atoms with Crippen molar-refractivity contribution in [3.63, 3.8) is 0 Å². The van der Waals surface area contributed by atoms with Crippen LogP contribution in [0.25, 0.3) is 0 Å². The molecule has 2 fully saturated rings. The van der Waals surface area contributed by atoms with Crippen molar-refractivity contribution in [1.29, 1.82) is 0 Å². The Bertz CT molecular complexity index is 368. The average molecular weight is 254 g/mol. The van der Waals surface area contributed by atoms with Crippen LogP contribution >= 0.6 is 11.8 Å². The lowest BCUT2D eigenvalue weighted by Crippen LogP contribution is -2.17. The fourth-order valence-corrected chi connectivity index (χ4v) is 3.84. The zero-order valence-electron chi connectivity index (χ0n) is 9.84. The first-order valence-electron chi connectivity index (χ1n) is 6.46.